The van der Waals surface area contributed by atoms with Crippen molar-refractivity contribution in [2.45, 2.75) is 44.6 Å². The number of fused-ring (bicyclic) bond motifs is 2. The lowest BCUT2D eigenvalue weighted by atomic mass is 9.81. The van der Waals surface area contributed by atoms with E-state index in [1.807, 2.05) is 19.9 Å². The van der Waals surface area contributed by atoms with Gasteiger partial charge < -0.3 is 19.3 Å². The highest BCUT2D eigenvalue weighted by Gasteiger charge is 2.44. The topological polar surface area (TPSA) is 95.4 Å². The maximum Gasteiger partial charge on any atom is 0.258 e. The Balaban J connectivity index is 1.45. The van der Waals surface area contributed by atoms with Crippen molar-refractivity contribution in [3.8, 4) is 34.7 Å². The van der Waals surface area contributed by atoms with Crippen LogP contribution in [0.3, 0.4) is 0 Å². The van der Waals surface area contributed by atoms with Crippen molar-refractivity contribution in [1.82, 2.24) is 15.0 Å². The number of aliphatic hydroxyl groups excluding tert-OH is 1. The lowest BCUT2D eigenvalue weighted by Crippen LogP contribution is -2.30. The average molecular weight is 445 g/mol. The number of nitriles is 1. The van der Waals surface area contributed by atoms with Crippen molar-refractivity contribution >= 4 is 0 Å². The van der Waals surface area contributed by atoms with E-state index in [1.54, 1.807) is 12.1 Å². The van der Waals surface area contributed by atoms with E-state index in [0.29, 0.717) is 28.6 Å². The van der Waals surface area contributed by atoms with E-state index in [1.165, 1.54) is 11.1 Å². The van der Waals surface area contributed by atoms with Crippen LogP contribution in [0.4, 0.5) is 0 Å². The van der Waals surface area contributed by atoms with Gasteiger partial charge in [0.2, 0.25) is 5.82 Å². The van der Waals surface area contributed by atoms with Crippen molar-refractivity contribution in [2.24, 2.45) is 0 Å². The molecule has 1 aliphatic carbocycles. The molecule has 1 aliphatic heterocycles. The minimum absolute atomic E-state index is 0.0167. The monoisotopic (exact) mass is 444 g/mol. The zero-order valence-electron chi connectivity index (χ0n) is 19.0. The molecule has 1 unspecified atom stereocenters. The second kappa shape index (κ2) is 8.62. The first-order valence-corrected chi connectivity index (χ1v) is 11.5. The van der Waals surface area contributed by atoms with Gasteiger partial charge in [0.25, 0.3) is 5.89 Å². The summed E-state index contributed by atoms with van der Waals surface area (Å²) >= 11 is 0. The molecular formula is C26H28N4O3. The van der Waals surface area contributed by atoms with Gasteiger partial charge in [0.15, 0.2) is 0 Å². The van der Waals surface area contributed by atoms with Crippen LogP contribution in [0.25, 0.3) is 22.8 Å². The standard InChI is InChI=1S/C26H28N4O3/c1-17(2)32-23-7-6-18(14-19(23)15-27)25-28-24(29-33-25)21-4-3-5-22-20(21)8-9-26(22)10-11-30(16-26)12-13-31/h3-7,14,17,31H,8-13,16H2,1-2H3. The summed E-state index contributed by atoms with van der Waals surface area (Å²) in [4.78, 5) is 7.04. The molecule has 1 fully saturated rings. The molecule has 2 heterocycles. The predicted molar refractivity (Wildman–Crippen MR) is 124 cm³/mol. The molecule has 170 valence electrons. The summed E-state index contributed by atoms with van der Waals surface area (Å²) in [7, 11) is 0. The van der Waals surface area contributed by atoms with Gasteiger partial charge in [-0.05, 0) is 69.0 Å². The lowest BCUT2D eigenvalue weighted by molar-refractivity contribution is 0.213. The van der Waals surface area contributed by atoms with Gasteiger partial charge in [-0.3, -0.25) is 0 Å². The SMILES string of the molecule is CC(C)Oc1ccc(-c2nc(-c3cccc4c3CCC43CCN(CCO)C3)no2)cc1C#N. The first-order chi connectivity index (χ1) is 16.0. The highest BCUT2D eigenvalue weighted by Crippen LogP contribution is 2.47. The molecule has 5 rings (SSSR count). The number of hydrogen-bond acceptors (Lipinski definition) is 7. The van der Waals surface area contributed by atoms with Gasteiger partial charge in [0, 0.05) is 29.6 Å². The van der Waals surface area contributed by atoms with Crippen molar-refractivity contribution in [3.63, 3.8) is 0 Å². The number of aromatic nitrogens is 2. The summed E-state index contributed by atoms with van der Waals surface area (Å²) in [5.41, 5.74) is 4.99. The van der Waals surface area contributed by atoms with Crippen molar-refractivity contribution < 1.29 is 14.4 Å². The van der Waals surface area contributed by atoms with Crippen LogP contribution in [-0.4, -0.2) is 52.5 Å². The number of β-amino-alcohol motifs (C(OH)–C–C–N with tert-alkyl or cyclic N) is 1. The predicted octanol–water partition coefficient (Wildman–Crippen LogP) is 3.94. The van der Waals surface area contributed by atoms with Crippen LogP contribution in [0.1, 0.15) is 43.4 Å². The van der Waals surface area contributed by atoms with E-state index in [4.69, 9.17) is 9.26 Å². The Morgan fingerprint density at radius 3 is 2.94 bits per heavy atom. The van der Waals surface area contributed by atoms with E-state index in [9.17, 15) is 10.4 Å². The maximum atomic E-state index is 9.53. The van der Waals surface area contributed by atoms with E-state index in [2.05, 4.69) is 39.3 Å². The van der Waals surface area contributed by atoms with Gasteiger partial charge in [-0.2, -0.15) is 10.2 Å². The Labute approximate surface area is 193 Å². The van der Waals surface area contributed by atoms with E-state index in [-0.39, 0.29) is 18.1 Å². The fourth-order valence-electron chi connectivity index (χ4n) is 5.33. The normalized spacial score (nSPS) is 19.8. The highest BCUT2D eigenvalue weighted by molar-refractivity contribution is 5.68. The molecule has 7 heteroatoms. The maximum absolute atomic E-state index is 9.53. The van der Waals surface area contributed by atoms with Crippen molar-refractivity contribution in [1.29, 1.82) is 5.26 Å². The second-order valence-electron chi connectivity index (χ2n) is 9.27. The first-order valence-electron chi connectivity index (χ1n) is 11.5. The van der Waals surface area contributed by atoms with Gasteiger partial charge in [-0.1, -0.05) is 23.4 Å². The molecule has 3 aromatic rings. The van der Waals surface area contributed by atoms with Crippen LogP contribution in [0.5, 0.6) is 5.75 Å². The van der Waals surface area contributed by atoms with Gasteiger partial charge in [0.05, 0.1) is 18.3 Å². The molecule has 1 spiro atoms. The lowest BCUT2D eigenvalue weighted by Gasteiger charge is -2.25. The summed E-state index contributed by atoms with van der Waals surface area (Å²) in [5.74, 6) is 1.51. The average Bonchev–Trinajstić information content (AvgIpc) is 3.54. The first kappa shape index (κ1) is 21.6. The number of rotatable bonds is 6. The van der Waals surface area contributed by atoms with Gasteiger partial charge in [-0.15, -0.1) is 0 Å². The summed E-state index contributed by atoms with van der Waals surface area (Å²) in [6, 6.07) is 13.9. The van der Waals surface area contributed by atoms with Crippen LogP contribution in [0.15, 0.2) is 40.9 Å². The zero-order chi connectivity index (χ0) is 23.0. The molecule has 1 aromatic heterocycles. The minimum Gasteiger partial charge on any atom is -0.490 e. The van der Waals surface area contributed by atoms with E-state index < -0.39 is 0 Å². The molecule has 0 saturated carbocycles. The number of likely N-dealkylation sites (tertiary alicyclic amines) is 1. The Hall–Kier alpha value is -3.21. The molecule has 1 atom stereocenters. The van der Waals surface area contributed by atoms with Gasteiger partial charge in [-0.25, -0.2) is 0 Å². The second-order valence-corrected chi connectivity index (χ2v) is 9.27. The Morgan fingerprint density at radius 1 is 1.27 bits per heavy atom. The molecule has 33 heavy (non-hydrogen) atoms. The smallest absolute Gasteiger partial charge is 0.258 e. The highest BCUT2D eigenvalue weighted by atomic mass is 16.5. The van der Waals surface area contributed by atoms with Crippen LogP contribution in [0.2, 0.25) is 0 Å². The Morgan fingerprint density at radius 2 is 2.15 bits per heavy atom. The van der Waals surface area contributed by atoms with Crippen LogP contribution < -0.4 is 4.74 Å². The number of benzene rings is 2. The number of nitrogens with zero attached hydrogens (tertiary/aromatic N) is 4. The van der Waals surface area contributed by atoms with Crippen molar-refractivity contribution in [3.05, 3.63) is 53.1 Å². The molecular weight excluding hydrogens is 416 g/mol. The number of hydrogen-bond donors (Lipinski definition) is 1. The largest absolute Gasteiger partial charge is 0.490 e. The van der Waals surface area contributed by atoms with E-state index >= 15 is 0 Å². The third-order valence-electron chi connectivity index (χ3n) is 6.83. The molecule has 0 bridgehead atoms. The molecule has 1 saturated heterocycles. The number of aliphatic hydroxyl groups is 1. The summed E-state index contributed by atoms with van der Waals surface area (Å²) in [5, 5.41) is 23.1. The fraction of sp³-hybridized carbons (Fsp3) is 0.423. The Kier molecular flexibility index (Phi) is 5.65. The molecule has 2 aliphatic rings. The number of ether oxygens (including phenoxy) is 1. The summed E-state index contributed by atoms with van der Waals surface area (Å²) in [6.45, 7) is 6.80. The van der Waals surface area contributed by atoms with Crippen LogP contribution in [-0.2, 0) is 11.8 Å². The molecule has 2 aromatic carbocycles. The summed E-state index contributed by atoms with van der Waals surface area (Å²) < 4.78 is 11.3. The minimum atomic E-state index is -0.0167. The Bertz CT molecular complexity index is 1210. The third-order valence-corrected chi connectivity index (χ3v) is 6.83. The summed E-state index contributed by atoms with van der Waals surface area (Å²) in [6.07, 6.45) is 3.19. The van der Waals surface area contributed by atoms with Crippen molar-refractivity contribution in [2.75, 3.05) is 26.2 Å². The molecule has 0 radical (unpaired) electrons. The quantitative estimate of drug-likeness (QED) is 0.615. The third kappa shape index (κ3) is 3.90. The van der Waals surface area contributed by atoms with Gasteiger partial charge >= 0.3 is 0 Å². The van der Waals surface area contributed by atoms with Crippen LogP contribution in [0, 0.1) is 11.3 Å². The van der Waals surface area contributed by atoms with Gasteiger partial charge in [0.1, 0.15) is 11.8 Å². The molecule has 7 nitrogen and oxygen atoms in total. The van der Waals surface area contributed by atoms with E-state index in [0.717, 1.165) is 44.5 Å². The van der Waals surface area contributed by atoms with Crippen LogP contribution >= 0.6 is 0 Å². The fourth-order valence-corrected chi connectivity index (χ4v) is 5.33. The molecule has 1 N–H and O–H groups in total. The zero-order valence-corrected chi connectivity index (χ0v) is 19.0. The molecule has 0 amide bonds.